The van der Waals surface area contributed by atoms with Gasteiger partial charge in [-0.15, -0.1) is 0 Å². The van der Waals surface area contributed by atoms with Gasteiger partial charge in [0.25, 0.3) is 11.5 Å². The van der Waals surface area contributed by atoms with Crippen molar-refractivity contribution in [1.29, 1.82) is 0 Å². The summed E-state index contributed by atoms with van der Waals surface area (Å²) in [4.78, 5) is 38.2. The number of hydrogen-bond acceptors (Lipinski definition) is 5. The number of aromatic amines is 1. The van der Waals surface area contributed by atoms with Crippen molar-refractivity contribution in [1.82, 2.24) is 15.1 Å². The molecular weight excluding hydrogens is 326 g/mol. The molecule has 8 heteroatoms. The minimum absolute atomic E-state index is 0.129. The molecule has 0 spiro atoms. The molecule has 0 aliphatic carbocycles. The lowest BCUT2D eigenvalue weighted by atomic mass is 9.74. The zero-order valence-electron chi connectivity index (χ0n) is 13.4. The van der Waals surface area contributed by atoms with Gasteiger partial charge in [0.05, 0.1) is 17.4 Å². The number of benzene rings is 1. The van der Waals surface area contributed by atoms with Crippen LogP contribution in [0.5, 0.6) is 0 Å². The standard InChI is InChI=1S/C17H17N3O5/c21-14-12-4-2-1-3-11(12)13(18-19-14)15(22)20-7-10-8-25-6-5-17(10,9-20)16(23)24/h1-4,10H,5-9H2,(H,19,21)(H,23,24)/t10-,17+/m0/s1. The topological polar surface area (TPSA) is 113 Å². The zero-order valence-corrected chi connectivity index (χ0v) is 13.4. The molecule has 2 saturated heterocycles. The van der Waals surface area contributed by atoms with E-state index < -0.39 is 11.4 Å². The fourth-order valence-corrected chi connectivity index (χ4v) is 3.88. The van der Waals surface area contributed by atoms with E-state index in [0.29, 0.717) is 37.0 Å². The number of likely N-dealkylation sites (tertiary alicyclic amines) is 1. The molecule has 25 heavy (non-hydrogen) atoms. The van der Waals surface area contributed by atoms with E-state index in [2.05, 4.69) is 10.2 Å². The minimum Gasteiger partial charge on any atom is -0.481 e. The molecule has 130 valence electrons. The van der Waals surface area contributed by atoms with Gasteiger partial charge >= 0.3 is 5.97 Å². The summed E-state index contributed by atoms with van der Waals surface area (Å²) < 4.78 is 5.41. The Bertz CT molecular complexity index is 924. The Hall–Kier alpha value is -2.74. The third kappa shape index (κ3) is 2.32. The maximum Gasteiger partial charge on any atom is 0.311 e. The molecule has 0 saturated carbocycles. The number of H-pyrrole nitrogens is 1. The predicted octanol–water partition coefficient (Wildman–Crippen LogP) is 0.486. The smallest absolute Gasteiger partial charge is 0.311 e. The summed E-state index contributed by atoms with van der Waals surface area (Å²) in [6, 6.07) is 6.75. The molecule has 2 fully saturated rings. The molecule has 1 aromatic carbocycles. The second-order valence-corrected chi connectivity index (χ2v) is 6.62. The number of carbonyl (C=O) groups is 2. The molecule has 3 heterocycles. The van der Waals surface area contributed by atoms with Gasteiger partial charge in [-0.25, -0.2) is 5.10 Å². The number of carboxylic acid groups (broad SMARTS) is 1. The summed E-state index contributed by atoms with van der Waals surface area (Å²) in [7, 11) is 0. The molecule has 2 N–H and O–H groups in total. The monoisotopic (exact) mass is 343 g/mol. The summed E-state index contributed by atoms with van der Waals surface area (Å²) in [5.74, 6) is -1.51. The molecule has 1 aromatic heterocycles. The Morgan fingerprint density at radius 1 is 1.32 bits per heavy atom. The van der Waals surface area contributed by atoms with Crippen LogP contribution in [0.25, 0.3) is 10.8 Å². The first-order valence-electron chi connectivity index (χ1n) is 8.11. The Labute approximate surface area is 142 Å². The highest BCUT2D eigenvalue weighted by molar-refractivity contribution is 6.05. The Morgan fingerprint density at radius 3 is 2.80 bits per heavy atom. The first-order valence-corrected chi connectivity index (χ1v) is 8.11. The Kier molecular flexibility index (Phi) is 3.57. The van der Waals surface area contributed by atoms with Gasteiger partial charge in [-0.2, -0.15) is 5.10 Å². The number of fused-ring (bicyclic) bond motifs is 2. The number of aromatic nitrogens is 2. The van der Waals surface area contributed by atoms with Crippen molar-refractivity contribution in [2.45, 2.75) is 6.42 Å². The van der Waals surface area contributed by atoms with Gasteiger partial charge in [-0.05, 0) is 12.5 Å². The predicted molar refractivity (Wildman–Crippen MR) is 87.3 cm³/mol. The number of carbonyl (C=O) groups excluding carboxylic acids is 1. The average Bonchev–Trinajstić information content (AvgIpc) is 3.03. The van der Waals surface area contributed by atoms with Crippen LogP contribution in [0.3, 0.4) is 0 Å². The third-order valence-corrected chi connectivity index (χ3v) is 5.32. The number of hydrogen-bond donors (Lipinski definition) is 2. The Morgan fingerprint density at radius 2 is 2.08 bits per heavy atom. The molecule has 2 aliphatic heterocycles. The van der Waals surface area contributed by atoms with Gasteiger partial charge in [0, 0.05) is 31.0 Å². The molecule has 0 unspecified atom stereocenters. The van der Waals surface area contributed by atoms with Crippen molar-refractivity contribution < 1.29 is 19.4 Å². The van der Waals surface area contributed by atoms with Crippen LogP contribution in [0.4, 0.5) is 0 Å². The average molecular weight is 343 g/mol. The first kappa shape index (κ1) is 15.8. The van der Waals surface area contributed by atoms with E-state index in [1.807, 2.05) is 0 Å². The highest BCUT2D eigenvalue weighted by Crippen LogP contribution is 2.42. The van der Waals surface area contributed by atoms with E-state index in [0.717, 1.165) is 0 Å². The maximum atomic E-state index is 13.0. The van der Waals surface area contributed by atoms with Crippen molar-refractivity contribution >= 4 is 22.6 Å². The molecule has 8 nitrogen and oxygen atoms in total. The number of amides is 1. The highest BCUT2D eigenvalue weighted by atomic mass is 16.5. The lowest BCUT2D eigenvalue weighted by Gasteiger charge is -2.33. The molecule has 2 aliphatic rings. The summed E-state index contributed by atoms with van der Waals surface area (Å²) in [6.45, 7) is 1.14. The molecule has 0 radical (unpaired) electrons. The van der Waals surface area contributed by atoms with E-state index >= 15 is 0 Å². The van der Waals surface area contributed by atoms with E-state index in [1.165, 1.54) is 4.90 Å². The van der Waals surface area contributed by atoms with Gasteiger partial charge < -0.3 is 14.7 Å². The van der Waals surface area contributed by atoms with Crippen LogP contribution in [0.15, 0.2) is 29.1 Å². The van der Waals surface area contributed by atoms with Crippen LogP contribution < -0.4 is 5.56 Å². The quantitative estimate of drug-likeness (QED) is 0.820. The largest absolute Gasteiger partial charge is 0.481 e. The van der Waals surface area contributed by atoms with Crippen LogP contribution in [-0.2, 0) is 9.53 Å². The van der Waals surface area contributed by atoms with Gasteiger partial charge in [-0.1, -0.05) is 18.2 Å². The lowest BCUT2D eigenvalue weighted by Crippen LogP contribution is -2.45. The number of aliphatic carboxylic acids is 1. The molecular formula is C17H17N3O5. The van der Waals surface area contributed by atoms with Crippen molar-refractivity contribution in [2.24, 2.45) is 11.3 Å². The van der Waals surface area contributed by atoms with Crippen molar-refractivity contribution in [3.05, 3.63) is 40.3 Å². The van der Waals surface area contributed by atoms with Crippen LogP contribution >= 0.6 is 0 Å². The molecule has 1 amide bonds. The van der Waals surface area contributed by atoms with Crippen LogP contribution in [0.1, 0.15) is 16.9 Å². The Balaban J connectivity index is 1.72. The number of nitrogens with zero attached hydrogens (tertiary/aromatic N) is 2. The van der Waals surface area contributed by atoms with Crippen LogP contribution in [0, 0.1) is 11.3 Å². The maximum absolute atomic E-state index is 13.0. The van der Waals surface area contributed by atoms with Crippen molar-refractivity contribution in [3.8, 4) is 0 Å². The summed E-state index contributed by atoms with van der Waals surface area (Å²) in [5, 5.41) is 16.8. The van der Waals surface area contributed by atoms with Gasteiger partial charge in [0.2, 0.25) is 0 Å². The second-order valence-electron chi connectivity index (χ2n) is 6.62. The number of rotatable bonds is 2. The minimum atomic E-state index is -0.966. The van der Waals surface area contributed by atoms with E-state index in [1.54, 1.807) is 24.3 Å². The first-order chi connectivity index (χ1) is 12.0. The van der Waals surface area contributed by atoms with Crippen molar-refractivity contribution in [2.75, 3.05) is 26.3 Å². The number of ether oxygens (including phenoxy) is 1. The number of carboxylic acids is 1. The van der Waals surface area contributed by atoms with Crippen molar-refractivity contribution in [3.63, 3.8) is 0 Å². The third-order valence-electron chi connectivity index (χ3n) is 5.32. The second kappa shape index (κ2) is 5.66. The van der Waals surface area contributed by atoms with E-state index in [-0.39, 0.29) is 29.6 Å². The van der Waals surface area contributed by atoms with Gasteiger partial charge in [0.15, 0.2) is 5.69 Å². The normalized spacial score (nSPS) is 25.8. The van der Waals surface area contributed by atoms with E-state index in [4.69, 9.17) is 4.74 Å². The number of nitrogens with one attached hydrogen (secondary N) is 1. The summed E-state index contributed by atoms with van der Waals surface area (Å²) in [6.07, 6.45) is 0.385. The zero-order chi connectivity index (χ0) is 17.6. The fraction of sp³-hybridized carbons (Fsp3) is 0.412. The van der Waals surface area contributed by atoms with Crippen LogP contribution in [0.2, 0.25) is 0 Å². The van der Waals surface area contributed by atoms with Crippen LogP contribution in [-0.4, -0.2) is 58.4 Å². The van der Waals surface area contributed by atoms with Gasteiger partial charge in [0.1, 0.15) is 0 Å². The molecule has 2 atom stereocenters. The lowest BCUT2D eigenvalue weighted by molar-refractivity contribution is -0.157. The summed E-state index contributed by atoms with van der Waals surface area (Å²) >= 11 is 0. The highest BCUT2D eigenvalue weighted by Gasteiger charge is 2.55. The summed E-state index contributed by atoms with van der Waals surface area (Å²) in [5.41, 5.74) is -1.20. The van der Waals surface area contributed by atoms with E-state index in [9.17, 15) is 19.5 Å². The SMILES string of the molecule is O=C(c1n[nH]c(=O)c2ccccc12)N1C[C@H]2COCC[C@@]2(C(=O)O)C1. The van der Waals surface area contributed by atoms with Gasteiger partial charge in [-0.3, -0.25) is 14.4 Å². The molecule has 4 rings (SSSR count). The molecule has 0 bridgehead atoms. The fourth-order valence-electron chi connectivity index (χ4n) is 3.88. The molecule has 2 aromatic rings.